The maximum absolute atomic E-state index is 9.65. The van der Waals surface area contributed by atoms with Crippen molar-refractivity contribution in [3.05, 3.63) is 75.4 Å². The van der Waals surface area contributed by atoms with Crippen molar-refractivity contribution < 1.29 is 9.84 Å². The standard InChI is InChI=1S/C23H19IN4O2/c1-30-17-8-5-14(6-9-17)12-28-20-10-7-16(24)11-18(20)22(27-28)23-25-19-4-2-3-15(13-29)21(19)26-23/h2-11,29H,12-13H2,1H3,(H,25,26). The normalized spacial score (nSPS) is 11.4. The molecule has 0 aliphatic rings. The lowest BCUT2D eigenvalue weighted by Gasteiger charge is -2.05. The highest BCUT2D eigenvalue weighted by Gasteiger charge is 2.17. The molecule has 2 N–H and O–H groups in total. The van der Waals surface area contributed by atoms with Gasteiger partial charge in [0.05, 0.1) is 36.8 Å². The molecule has 3 aromatic carbocycles. The minimum absolute atomic E-state index is 0.0494. The molecule has 0 fully saturated rings. The van der Waals surface area contributed by atoms with Gasteiger partial charge in [0.1, 0.15) is 11.4 Å². The molecule has 0 saturated heterocycles. The molecule has 5 aromatic rings. The molecule has 0 aliphatic heterocycles. The summed E-state index contributed by atoms with van der Waals surface area (Å²) in [5, 5.41) is 15.6. The van der Waals surface area contributed by atoms with Crippen LogP contribution in [-0.2, 0) is 13.2 Å². The van der Waals surface area contributed by atoms with Gasteiger partial charge in [-0.05, 0) is 64.6 Å². The fourth-order valence-electron chi connectivity index (χ4n) is 3.68. The van der Waals surface area contributed by atoms with Crippen LogP contribution in [0.3, 0.4) is 0 Å². The summed E-state index contributed by atoms with van der Waals surface area (Å²) in [5.41, 5.74) is 5.45. The number of rotatable bonds is 5. The molecule has 0 radical (unpaired) electrons. The van der Waals surface area contributed by atoms with Crippen molar-refractivity contribution in [1.29, 1.82) is 0 Å². The molecule has 2 aromatic heterocycles. The average Bonchev–Trinajstić information content (AvgIpc) is 3.35. The first kappa shape index (κ1) is 19.1. The molecule has 7 heteroatoms. The topological polar surface area (TPSA) is 76.0 Å². The van der Waals surface area contributed by atoms with Crippen LogP contribution >= 0.6 is 22.6 Å². The highest BCUT2D eigenvalue weighted by molar-refractivity contribution is 14.1. The van der Waals surface area contributed by atoms with Gasteiger partial charge >= 0.3 is 0 Å². The van der Waals surface area contributed by atoms with Gasteiger partial charge in [-0.1, -0.05) is 24.3 Å². The summed E-state index contributed by atoms with van der Waals surface area (Å²) in [5.74, 6) is 1.53. The molecular formula is C23H19IN4O2. The summed E-state index contributed by atoms with van der Waals surface area (Å²) >= 11 is 2.32. The second-order valence-corrected chi connectivity index (χ2v) is 8.32. The van der Waals surface area contributed by atoms with Crippen molar-refractivity contribution in [2.75, 3.05) is 7.11 Å². The molecule has 0 aliphatic carbocycles. The molecule has 0 bridgehead atoms. The summed E-state index contributed by atoms with van der Waals surface area (Å²) < 4.78 is 8.40. The van der Waals surface area contributed by atoms with Crippen LogP contribution in [0.4, 0.5) is 0 Å². The van der Waals surface area contributed by atoms with Gasteiger partial charge < -0.3 is 14.8 Å². The Morgan fingerprint density at radius 3 is 2.70 bits per heavy atom. The van der Waals surface area contributed by atoms with Crippen molar-refractivity contribution in [3.8, 4) is 17.3 Å². The van der Waals surface area contributed by atoms with Gasteiger partial charge in [-0.15, -0.1) is 0 Å². The number of benzene rings is 3. The summed E-state index contributed by atoms with van der Waals surface area (Å²) in [4.78, 5) is 8.14. The first-order valence-electron chi connectivity index (χ1n) is 9.54. The first-order valence-corrected chi connectivity index (χ1v) is 10.6. The lowest BCUT2D eigenvalue weighted by molar-refractivity contribution is 0.283. The Morgan fingerprint density at radius 1 is 1.10 bits per heavy atom. The lowest BCUT2D eigenvalue weighted by Crippen LogP contribution is -2.02. The van der Waals surface area contributed by atoms with E-state index < -0.39 is 0 Å². The molecular weight excluding hydrogens is 491 g/mol. The largest absolute Gasteiger partial charge is 0.497 e. The highest BCUT2D eigenvalue weighted by atomic mass is 127. The Kier molecular flexibility index (Phi) is 4.92. The predicted octanol–water partition coefficient (Wildman–Crippen LogP) is 4.73. The Hall–Kier alpha value is -2.91. The van der Waals surface area contributed by atoms with Gasteiger partial charge in [-0.25, -0.2) is 4.98 Å². The molecule has 30 heavy (non-hydrogen) atoms. The van der Waals surface area contributed by atoms with Crippen LogP contribution in [0.1, 0.15) is 11.1 Å². The van der Waals surface area contributed by atoms with Crippen molar-refractivity contribution in [2.45, 2.75) is 13.2 Å². The lowest BCUT2D eigenvalue weighted by atomic mass is 10.2. The van der Waals surface area contributed by atoms with E-state index in [0.29, 0.717) is 12.4 Å². The number of nitrogens with one attached hydrogen (secondary N) is 1. The highest BCUT2D eigenvalue weighted by Crippen LogP contribution is 2.30. The Balaban J connectivity index is 1.64. The van der Waals surface area contributed by atoms with Crippen LogP contribution in [0, 0.1) is 3.57 Å². The molecule has 150 valence electrons. The minimum Gasteiger partial charge on any atom is -0.497 e. The summed E-state index contributed by atoms with van der Waals surface area (Å²) in [6.07, 6.45) is 0. The van der Waals surface area contributed by atoms with Crippen LogP contribution in [0.2, 0.25) is 0 Å². The number of methoxy groups -OCH3 is 1. The second-order valence-electron chi connectivity index (χ2n) is 7.07. The number of halogens is 1. The Labute approximate surface area is 186 Å². The number of aliphatic hydroxyl groups excluding tert-OH is 1. The van der Waals surface area contributed by atoms with E-state index in [9.17, 15) is 5.11 Å². The fourth-order valence-corrected chi connectivity index (χ4v) is 4.17. The quantitative estimate of drug-likeness (QED) is 0.335. The van der Waals surface area contributed by atoms with Crippen LogP contribution in [0.5, 0.6) is 5.75 Å². The summed E-state index contributed by atoms with van der Waals surface area (Å²) in [6, 6.07) is 20.1. The van der Waals surface area contributed by atoms with Crippen LogP contribution in [0.25, 0.3) is 33.5 Å². The van der Waals surface area contributed by atoms with Crippen molar-refractivity contribution in [2.24, 2.45) is 0 Å². The number of hydrogen-bond acceptors (Lipinski definition) is 4. The Morgan fingerprint density at radius 2 is 1.93 bits per heavy atom. The van der Waals surface area contributed by atoms with Gasteiger partial charge in [0.25, 0.3) is 0 Å². The number of imidazole rings is 1. The zero-order valence-electron chi connectivity index (χ0n) is 16.3. The number of ether oxygens (including phenoxy) is 1. The maximum atomic E-state index is 9.65. The van der Waals surface area contributed by atoms with E-state index in [-0.39, 0.29) is 6.61 Å². The SMILES string of the molecule is COc1ccc(Cn2nc(-c3nc4c(CO)cccc4[nH]3)c3cc(I)ccc32)cc1. The molecule has 0 saturated carbocycles. The number of hydrogen-bond donors (Lipinski definition) is 2. The van der Waals surface area contributed by atoms with E-state index in [1.54, 1.807) is 7.11 Å². The predicted molar refractivity (Wildman–Crippen MR) is 126 cm³/mol. The smallest absolute Gasteiger partial charge is 0.159 e. The fraction of sp³-hybridized carbons (Fsp3) is 0.130. The van der Waals surface area contributed by atoms with E-state index in [4.69, 9.17) is 14.8 Å². The number of aliphatic hydroxyl groups is 1. The maximum Gasteiger partial charge on any atom is 0.159 e. The van der Waals surface area contributed by atoms with E-state index in [1.807, 2.05) is 47.1 Å². The number of aromatic nitrogens is 4. The Bertz CT molecular complexity index is 1360. The van der Waals surface area contributed by atoms with Gasteiger partial charge in [0, 0.05) is 14.5 Å². The molecule has 5 rings (SSSR count). The van der Waals surface area contributed by atoms with Gasteiger partial charge in [0.15, 0.2) is 5.82 Å². The zero-order valence-corrected chi connectivity index (χ0v) is 18.4. The van der Waals surface area contributed by atoms with Crippen molar-refractivity contribution >= 4 is 44.5 Å². The van der Waals surface area contributed by atoms with E-state index in [0.717, 1.165) is 48.1 Å². The van der Waals surface area contributed by atoms with Gasteiger partial charge in [0.2, 0.25) is 0 Å². The zero-order chi connectivity index (χ0) is 20.7. The monoisotopic (exact) mass is 510 g/mol. The number of H-pyrrole nitrogens is 1. The minimum atomic E-state index is -0.0494. The number of para-hydroxylation sites is 1. The van der Waals surface area contributed by atoms with Gasteiger partial charge in [-0.2, -0.15) is 5.10 Å². The van der Waals surface area contributed by atoms with Crippen LogP contribution in [-0.4, -0.2) is 32.0 Å². The molecule has 0 unspecified atom stereocenters. The van der Waals surface area contributed by atoms with Crippen LogP contribution < -0.4 is 4.74 Å². The van der Waals surface area contributed by atoms with E-state index in [1.165, 1.54) is 0 Å². The molecule has 6 nitrogen and oxygen atoms in total. The average molecular weight is 510 g/mol. The van der Waals surface area contributed by atoms with Crippen molar-refractivity contribution in [1.82, 2.24) is 19.7 Å². The van der Waals surface area contributed by atoms with Gasteiger partial charge in [-0.3, -0.25) is 4.68 Å². The molecule has 0 atom stereocenters. The van der Waals surface area contributed by atoms with E-state index >= 15 is 0 Å². The van der Waals surface area contributed by atoms with Crippen molar-refractivity contribution in [3.63, 3.8) is 0 Å². The molecule has 0 amide bonds. The summed E-state index contributed by atoms with van der Waals surface area (Å²) in [6.45, 7) is 0.593. The third-order valence-corrected chi connectivity index (χ3v) is 5.87. The summed E-state index contributed by atoms with van der Waals surface area (Å²) in [7, 11) is 1.67. The van der Waals surface area contributed by atoms with E-state index in [2.05, 4.69) is 45.8 Å². The third kappa shape index (κ3) is 3.33. The number of fused-ring (bicyclic) bond motifs is 2. The first-order chi connectivity index (χ1) is 14.7. The molecule has 0 spiro atoms. The third-order valence-electron chi connectivity index (χ3n) is 5.19. The second kappa shape index (κ2) is 7.73. The number of aromatic amines is 1. The molecule has 2 heterocycles. The number of nitrogens with zero attached hydrogens (tertiary/aromatic N) is 3. The van der Waals surface area contributed by atoms with Crippen LogP contribution in [0.15, 0.2) is 60.7 Å².